The predicted octanol–water partition coefficient (Wildman–Crippen LogP) is 4.07. The molecule has 0 bridgehead atoms. The minimum atomic E-state index is -4.78. The van der Waals surface area contributed by atoms with Crippen LogP contribution in [0.2, 0.25) is 0 Å². The number of ether oxygens (including phenoxy) is 1. The van der Waals surface area contributed by atoms with Gasteiger partial charge < -0.3 is 19.7 Å². The maximum absolute atomic E-state index is 12.5. The molecule has 186 valence electrons. The van der Waals surface area contributed by atoms with Crippen molar-refractivity contribution in [2.45, 2.75) is 25.6 Å². The molecule has 1 saturated heterocycles. The molecule has 1 aromatic carbocycles. The van der Waals surface area contributed by atoms with Gasteiger partial charge in [0.15, 0.2) is 5.82 Å². The molecule has 4 aromatic rings. The van der Waals surface area contributed by atoms with E-state index in [0.717, 1.165) is 12.8 Å². The van der Waals surface area contributed by atoms with Gasteiger partial charge in [0, 0.05) is 43.5 Å². The number of imidazole rings is 1. The molecule has 10 nitrogen and oxygen atoms in total. The third kappa shape index (κ3) is 5.34. The third-order valence-corrected chi connectivity index (χ3v) is 5.88. The summed E-state index contributed by atoms with van der Waals surface area (Å²) in [6.45, 7) is 1.40. The fourth-order valence-corrected chi connectivity index (χ4v) is 4.11. The Morgan fingerprint density at radius 2 is 1.75 bits per heavy atom. The van der Waals surface area contributed by atoms with Gasteiger partial charge >= 0.3 is 12.3 Å². The Balaban J connectivity index is 1.26. The van der Waals surface area contributed by atoms with Gasteiger partial charge in [-0.25, -0.2) is 19.9 Å². The molecule has 0 spiro atoms. The Bertz CT molecular complexity index is 1370. The van der Waals surface area contributed by atoms with Crippen LogP contribution in [0.1, 0.15) is 19.3 Å². The number of nitrogens with zero attached hydrogens (tertiary/aromatic N) is 6. The van der Waals surface area contributed by atoms with Gasteiger partial charge in [0.2, 0.25) is 5.95 Å². The Labute approximate surface area is 202 Å². The van der Waals surface area contributed by atoms with Gasteiger partial charge in [-0.3, -0.25) is 9.78 Å². The molecule has 0 radical (unpaired) electrons. The molecular formula is C23H20F3N7O3. The first-order valence-electron chi connectivity index (χ1n) is 11.1. The molecule has 5 rings (SSSR count). The van der Waals surface area contributed by atoms with Crippen molar-refractivity contribution in [1.82, 2.24) is 29.9 Å². The molecule has 36 heavy (non-hydrogen) atoms. The fourth-order valence-electron chi connectivity index (χ4n) is 4.11. The zero-order valence-electron chi connectivity index (χ0n) is 18.7. The van der Waals surface area contributed by atoms with E-state index < -0.39 is 12.3 Å². The fraction of sp³-hybridized carbons (Fsp3) is 0.304. The van der Waals surface area contributed by atoms with Crippen molar-refractivity contribution in [1.29, 1.82) is 0 Å². The highest BCUT2D eigenvalue weighted by atomic mass is 19.4. The molecule has 0 aliphatic carbocycles. The summed E-state index contributed by atoms with van der Waals surface area (Å²) in [5, 5.41) is 8.95. The van der Waals surface area contributed by atoms with E-state index in [2.05, 4.69) is 34.6 Å². The summed E-state index contributed by atoms with van der Waals surface area (Å²) in [5.41, 5.74) is 2.45. The van der Waals surface area contributed by atoms with Crippen molar-refractivity contribution in [3.05, 3.63) is 43.0 Å². The quantitative estimate of drug-likeness (QED) is 0.403. The number of hydrogen-bond donors (Lipinski definition) is 2. The highest BCUT2D eigenvalue weighted by molar-refractivity contribution is 5.80. The summed E-state index contributed by atoms with van der Waals surface area (Å²) in [7, 11) is 0. The molecule has 2 N–H and O–H groups in total. The first-order valence-corrected chi connectivity index (χ1v) is 11.1. The van der Waals surface area contributed by atoms with Gasteiger partial charge in [-0.15, -0.1) is 13.2 Å². The van der Waals surface area contributed by atoms with Crippen LogP contribution in [0, 0.1) is 5.92 Å². The molecule has 0 amide bonds. The van der Waals surface area contributed by atoms with Crippen LogP contribution in [0.4, 0.5) is 19.1 Å². The van der Waals surface area contributed by atoms with Gasteiger partial charge in [0.1, 0.15) is 11.4 Å². The van der Waals surface area contributed by atoms with Crippen LogP contribution in [-0.2, 0) is 4.79 Å². The number of rotatable bonds is 6. The van der Waals surface area contributed by atoms with Crippen LogP contribution < -0.4 is 9.64 Å². The van der Waals surface area contributed by atoms with E-state index in [1.165, 1.54) is 30.6 Å². The van der Waals surface area contributed by atoms with Gasteiger partial charge in [0.05, 0.1) is 29.1 Å². The summed E-state index contributed by atoms with van der Waals surface area (Å²) in [6.07, 6.45) is 3.31. The minimum absolute atomic E-state index is 0.175. The average Bonchev–Trinajstić information content (AvgIpc) is 3.27. The molecule has 1 fully saturated rings. The number of nitrogens with one attached hydrogen (secondary N) is 1. The van der Waals surface area contributed by atoms with Gasteiger partial charge in [-0.05, 0) is 30.9 Å². The van der Waals surface area contributed by atoms with Crippen LogP contribution in [0.15, 0.2) is 43.0 Å². The molecule has 13 heteroatoms. The zero-order chi connectivity index (χ0) is 25.3. The second-order valence-corrected chi connectivity index (χ2v) is 8.40. The second kappa shape index (κ2) is 9.40. The Kier molecular flexibility index (Phi) is 6.12. The molecule has 3 aromatic heterocycles. The van der Waals surface area contributed by atoms with Gasteiger partial charge in [0.25, 0.3) is 0 Å². The summed E-state index contributed by atoms with van der Waals surface area (Å²) >= 11 is 0. The lowest BCUT2D eigenvalue weighted by Gasteiger charge is -2.31. The van der Waals surface area contributed by atoms with Crippen molar-refractivity contribution in [3.63, 3.8) is 0 Å². The number of piperidine rings is 1. The van der Waals surface area contributed by atoms with Crippen molar-refractivity contribution in [2.24, 2.45) is 5.92 Å². The molecule has 0 unspecified atom stereocenters. The number of hydrogen-bond acceptors (Lipinski definition) is 8. The number of aromatic amines is 1. The number of carboxylic acid groups (broad SMARTS) is 1. The first-order chi connectivity index (χ1) is 17.2. The van der Waals surface area contributed by atoms with E-state index >= 15 is 0 Å². The normalized spacial score (nSPS) is 14.8. The number of carboxylic acids is 1. The van der Waals surface area contributed by atoms with Crippen LogP contribution in [0.25, 0.3) is 33.8 Å². The van der Waals surface area contributed by atoms with Crippen molar-refractivity contribution in [3.8, 4) is 28.5 Å². The highest BCUT2D eigenvalue weighted by Crippen LogP contribution is 2.28. The summed E-state index contributed by atoms with van der Waals surface area (Å²) in [4.78, 5) is 37.8. The van der Waals surface area contributed by atoms with Gasteiger partial charge in [-0.1, -0.05) is 0 Å². The number of alkyl halides is 3. The number of carbonyl (C=O) groups is 1. The molecule has 0 atom stereocenters. The lowest BCUT2D eigenvalue weighted by Crippen LogP contribution is -2.35. The monoisotopic (exact) mass is 499 g/mol. The largest absolute Gasteiger partial charge is 0.573 e. The number of fused-ring (bicyclic) bond motifs is 1. The van der Waals surface area contributed by atoms with E-state index in [1.54, 1.807) is 12.4 Å². The van der Waals surface area contributed by atoms with Crippen molar-refractivity contribution in [2.75, 3.05) is 18.0 Å². The van der Waals surface area contributed by atoms with E-state index in [1.807, 2.05) is 4.90 Å². The Morgan fingerprint density at radius 3 is 2.39 bits per heavy atom. The van der Waals surface area contributed by atoms with E-state index in [0.29, 0.717) is 52.8 Å². The lowest BCUT2D eigenvalue weighted by molar-refractivity contribution is -0.274. The molecule has 1 aliphatic rings. The Morgan fingerprint density at radius 1 is 1.06 bits per heavy atom. The smallest absolute Gasteiger partial charge is 0.481 e. The maximum atomic E-state index is 12.5. The van der Waals surface area contributed by atoms with Crippen LogP contribution in [0.3, 0.4) is 0 Å². The minimum Gasteiger partial charge on any atom is -0.481 e. The van der Waals surface area contributed by atoms with Crippen molar-refractivity contribution < 1.29 is 27.8 Å². The average molecular weight is 499 g/mol. The van der Waals surface area contributed by atoms with Crippen LogP contribution in [-0.4, -0.2) is 60.4 Å². The van der Waals surface area contributed by atoms with E-state index in [-0.39, 0.29) is 18.1 Å². The SMILES string of the molecule is O=C(O)CC1CCN(c2ncc(-c3cnc(-c4nc5ccc(OC(F)(F)F)cc5[nH]4)cn3)cn2)CC1. The number of H-pyrrole nitrogens is 1. The summed E-state index contributed by atoms with van der Waals surface area (Å²) < 4.78 is 41.3. The predicted molar refractivity (Wildman–Crippen MR) is 122 cm³/mol. The Hall–Kier alpha value is -4.29. The summed E-state index contributed by atoms with van der Waals surface area (Å²) in [6, 6.07) is 3.83. The van der Waals surface area contributed by atoms with E-state index in [9.17, 15) is 18.0 Å². The highest BCUT2D eigenvalue weighted by Gasteiger charge is 2.31. The van der Waals surface area contributed by atoms with Crippen LogP contribution in [0.5, 0.6) is 5.75 Å². The van der Waals surface area contributed by atoms with E-state index in [4.69, 9.17) is 5.11 Å². The molecule has 0 saturated carbocycles. The third-order valence-electron chi connectivity index (χ3n) is 5.88. The second-order valence-electron chi connectivity index (χ2n) is 8.40. The van der Waals surface area contributed by atoms with Gasteiger partial charge in [-0.2, -0.15) is 0 Å². The number of aromatic nitrogens is 6. The number of halogens is 3. The maximum Gasteiger partial charge on any atom is 0.573 e. The lowest BCUT2D eigenvalue weighted by atomic mass is 9.94. The molecule has 1 aliphatic heterocycles. The van der Waals surface area contributed by atoms with Crippen LogP contribution >= 0.6 is 0 Å². The zero-order valence-corrected chi connectivity index (χ0v) is 18.7. The number of benzene rings is 1. The standard InChI is InChI=1S/C23H20F3N7O3/c24-23(25,26)36-15-1-2-16-17(8-15)32-21(31-16)19-12-27-18(11-28-19)14-9-29-22(30-10-14)33-5-3-13(4-6-33)7-20(34)35/h1-2,8-13H,3-7H2,(H,31,32)(H,34,35). The number of aliphatic carboxylic acids is 1. The number of anilines is 1. The molecule has 4 heterocycles. The summed E-state index contributed by atoms with van der Waals surface area (Å²) in [5.74, 6) is -0.0147. The first kappa shape index (κ1) is 23.5. The topological polar surface area (TPSA) is 130 Å². The van der Waals surface area contributed by atoms with Crippen molar-refractivity contribution >= 4 is 23.0 Å². The molecular weight excluding hydrogens is 479 g/mol.